The van der Waals surface area contributed by atoms with Crippen LogP contribution in [-0.4, -0.2) is 25.7 Å². The fourth-order valence-electron chi connectivity index (χ4n) is 2.24. The Morgan fingerprint density at radius 3 is 2.68 bits per heavy atom. The zero-order valence-corrected chi connectivity index (χ0v) is 14.8. The predicted molar refractivity (Wildman–Crippen MR) is 102 cm³/mol. The summed E-state index contributed by atoms with van der Waals surface area (Å²) in [6.07, 6.45) is 0.910. The van der Waals surface area contributed by atoms with Gasteiger partial charge in [-0.1, -0.05) is 42.5 Å². The third-order valence-corrected chi connectivity index (χ3v) is 3.55. The molecule has 0 amide bonds. The number of nitrogens with one attached hydrogen (secondary N) is 1. The maximum Gasteiger partial charge on any atom is 0.188 e. The lowest BCUT2D eigenvalue weighted by molar-refractivity contribution is 0.145. The summed E-state index contributed by atoms with van der Waals surface area (Å²) in [5.74, 6) is 1.28. The van der Waals surface area contributed by atoms with Gasteiger partial charge in [0.1, 0.15) is 12.4 Å². The Hall–Kier alpha value is -2.53. The molecule has 0 heterocycles. The van der Waals surface area contributed by atoms with Gasteiger partial charge in [0.25, 0.3) is 0 Å². The molecule has 5 heteroatoms. The van der Waals surface area contributed by atoms with Crippen LogP contribution in [0.2, 0.25) is 0 Å². The second-order valence-electron chi connectivity index (χ2n) is 5.60. The lowest BCUT2D eigenvalue weighted by Gasteiger charge is -2.08. The molecule has 0 aliphatic carbocycles. The monoisotopic (exact) mass is 341 g/mol. The van der Waals surface area contributed by atoms with Crippen LogP contribution in [-0.2, 0) is 17.9 Å². The molecule has 0 radical (unpaired) electrons. The van der Waals surface area contributed by atoms with E-state index in [1.165, 1.54) is 0 Å². The molecule has 2 rings (SSSR count). The Kier molecular flexibility index (Phi) is 8.35. The maximum atomic E-state index is 5.88. The van der Waals surface area contributed by atoms with Gasteiger partial charge in [-0.3, -0.25) is 0 Å². The number of hydrogen-bond acceptors (Lipinski definition) is 3. The van der Waals surface area contributed by atoms with Gasteiger partial charge in [-0.2, -0.15) is 0 Å². The van der Waals surface area contributed by atoms with E-state index in [2.05, 4.69) is 10.3 Å². The fraction of sp³-hybridized carbons (Fsp3) is 0.350. The molecule has 5 nitrogen and oxygen atoms in total. The maximum absolute atomic E-state index is 5.88. The topological polar surface area (TPSA) is 68.9 Å². The summed E-state index contributed by atoms with van der Waals surface area (Å²) < 4.78 is 11.1. The highest BCUT2D eigenvalue weighted by Gasteiger charge is 1.99. The molecule has 2 aromatic rings. The number of ether oxygens (including phenoxy) is 2. The van der Waals surface area contributed by atoms with Crippen LogP contribution in [0.3, 0.4) is 0 Å². The predicted octanol–water partition coefficient (Wildman–Crippen LogP) is 3.10. The number of hydrogen-bond donors (Lipinski definition) is 2. The molecule has 3 N–H and O–H groups in total. The molecule has 0 aliphatic rings. The van der Waals surface area contributed by atoms with E-state index in [4.69, 9.17) is 15.2 Å². The smallest absolute Gasteiger partial charge is 0.188 e. The number of rotatable bonds is 10. The Balaban J connectivity index is 1.77. The first kappa shape index (κ1) is 18.8. The van der Waals surface area contributed by atoms with Gasteiger partial charge in [0.05, 0.1) is 6.54 Å². The van der Waals surface area contributed by atoms with E-state index < -0.39 is 0 Å². The van der Waals surface area contributed by atoms with E-state index in [0.29, 0.717) is 19.1 Å². The van der Waals surface area contributed by atoms with Crippen molar-refractivity contribution in [3.63, 3.8) is 0 Å². The van der Waals surface area contributed by atoms with E-state index in [1.807, 2.05) is 61.5 Å². The van der Waals surface area contributed by atoms with Crippen LogP contribution in [0.4, 0.5) is 0 Å². The highest BCUT2D eigenvalue weighted by molar-refractivity contribution is 5.77. The van der Waals surface area contributed by atoms with E-state index in [1.54, 1.807) is 0 Å². The van der Waals surface area contributed by atoms with Crippen molar-refractivity contribution in [3.8, 4) is 5.75 Å². The Morgan fingerprint density at radius 2 is 1.88 bits per heavy atom. The van der Waals surface area contributed by atoms with Gasteiger partial charge < -0.3 is 20.5 Å². The number of nitrogens with zero attached hydrogens (tertiary/aromatic N) is 1. The van der Waals surface area contributed by atoms with Gasteiger partial charge in [0.2, 0.25) is 0 Å². The Bertz CT molecular complexity index is 644. The second kappa shape index (κ2) is 11.1. The minimum atomic E-state index is 0.451. The molecule has 0 atom stereocenters. The van der Waals surface area contributed by atoms with Crippen molar-refractivity contribution in [3.05, 3.63) is 65.7 Å². The molecule has 2 aromatic carbocycles. The van der Waals surface area contributed by atoms with Crippen molar-refractivity contribution in [2.75, 3.05) is 19.8 Å². The summed E-state index contributed by atoms with van der Waals surface area (Å²) in [7, 11) is 0. The summed E-state index contributed by atoms with van der Waals surface area (Å²) in [5, 5.41) is 3.09. The van der Waals surface area contributed by atoms with Crippen LogP contribution in [0.1, 0.15) is 24.5 Å². The summed E-state index contributed by atoms with van der Waals surface area (Å²) in [6, 6.07) is 18.0. The SMILES string of the molecule is CCOCCCNC(N)=NCc1cccc(OCc2ccccc2)c1. The van der Waals surface area contributed by atoms with Crippen molar-refractivity contribution in [2.45, 2.75) is 26.5 Å². The number of benzene rings is 2. The van der Waals surface area contributed by atoms with Crippen molar-refractivity contribution in [1.29, 1.82) is 0 Å². The van der Waals surface area contributed by atoms with Crippen molar-refractivity contribution in [1.82, 2.24) is 5.32 Å². The van der Waals surface area contributed by atoms with Crippen LogP contribution in [0.5, 0.6) is 5.75 Å². The molecule has 0 aromatic heterocycles. The Labute approximate surface area is 149 Å². The fourth-order valence-corrected chi connectivity index (χ4v) is 2.24. The summed E-state index contributed by atoms with van der Waals surface area (Å²) in [6.45, 7) is 5.30. The molecule has 0 bridgehead atoms. The van der Waals surface area contributed by atoms with Crippen LogP contribution >= 0.6 is 0 Å². The standard InChI is InChI=1S/C20H27N3O2/c1-2-24-13-7-12-22-20(21)23-15-18-10-6-11-19(14-18)25-16-17-8-4-3-5-9-17/h3-6,8-11,14H,2,7,12-13,15-16H2,1H3,(H3,21,22,23). The third kappa shape index (κ3) is 7.72. The molecular weight excluding hydrogens is 314 g/mol. The van der Waals surface area contributed by atoms with Gasteiger partial charge in [-0.25, -0.2) is 4.99 Å². The lowest BCUT2D eigenvalue weighted by Crippen LogP contribution is -2.32. The van der Waals surface area contributed by atoms with E-state index in [-0.39, 0.29) is 0 Å². The van der Waals surface area contributed by atoms with Crippen molar-refractivity contribution in [2.24, 2.45) is 10.7 Å². The first-order valence-electron chi connectivity index (χ1n) is 8.65. The molecular formula is C20H27N3O2. The number of guanidine groups is 1. The van der Waals surface area contributed by atoms with Crippen LogP contribution < -0.4 is 15.8 Å². The van der Waals surface area contributed by atoms with Gasteiger partial charge in [-0.15, -0.1) is 0 Å². The number of nitrogens with two attached hydrogens (primary N) is 1. The van der Waals surface area contributed by atoms with E-state index in [9.17, 15) is 0 Å². The normalized spacial score (nSPS) is 11.3. The Morgan fingerprint density at radius 1 is 1.08 bits per heavy atom. The molecule has 25 heavy (non-hydrogen) atoms. The van der Waals surface area contributed by atoms with Crippen LogP contribution in [0, 0.1) is 0 Å². The molecule has 0 unspecified atom stereocenters. The molecule has 0 aliphatic heterocycles. The lowest BCUT2D eigenvalue weighted by atomic mass is 10.2. The average Bonchev–Trinajstić information content (AvgIpc) is 2.66. The van der Waals surface area contributed by atoms with E-state index >= 15 is 0 Å². The minimum absolute atomic E-state index is 0.451. The van der Waals surface area contributed by atoms with Gasteiger partial charge in [-0.05, 0) is 36.6 Å². The highest BCUT2D eigenvalue weighted by Crippen LogP contribution is 2.15. The first-order valence-corrected chi connectivity index (χ1v) is 8.65. The summed E-state index contributed by atoms with van der Waals surface area (Å²) in [4.78, 5) is 4.36. The zero-order valence-electron chi connectivity index (χ0n) is 14.8. The molecule has 0 saturated heterocycles. The van der Waals surface area contributed by atoms with Crippen molar-refractivity contribution < 1.29 is 9.47 Å². The van der Waals surface area contributed by atoms with Gasteiger partial charge in [0, 0.05) is 19.8 Å². The number of aliphatic imine (C=N–C) groups is 1. The first-order chi connectivity index (χ1) is 12.3. The zero-order chi connectivity index (χ0) is 17.7. The molecule has 0 spiro atoms. The van der Waals surface area contributed by atoms with Crippen molar-refractivity contribution >= 4 is 5.96 Å². The van der Waals surface area contributed by atoms with E-state index in [0.717, 1.165) is 43.1 Å². The summed E-state index contributed by atoms with van der Waals surface area (Å²) >= 11 is 0. The highest BCUT2D eigenvalue weighted by atomic mass is 16.5. The average molecular weight is 341 g/mol. The quantitative estimate of drug-likeness (QED) is 0.396. The van der Waals surface area contributed by atoms with Crippen LogP contribution in [0.15, 0.2) is 59.6 Å². The van der Waals surface area contributed by atoms with Crippen LogP contribution in [0.25, 0.3) is 0 Å². The molecule has 0 fully saturated rings. The largest absolute Gasteiger partial charge is 0.489 e. The second-order valence-corrected chi connectivity index (χ2v) is 5.60. The molecule has 134 valence electrons. The van der Waals surface area contributed by atoms with Gasteiger partial charge in [0.15, 0.2) is 5.96 Å². The molecule has 0 saturated carbocycles. The third-order valence-electron chi connectivity index (χ3n) is 3.55. The summed E-state index contributed by atoms with van der Waals surface area (Å²) in [5.41, 5.74) is 8.08. The van der Waals surface area contributed by atoms with Gasteiger partial charge >= 0.3 is 0 Å². The minimum Gasteiger partial charge on any atom is -0.489 e.